The molecule has 0 aliphatic heterocycles. The van der Waals surface area contributed by atoms with Gasteiger partial charge in [0.25, 0.3) is 0 Å². The summed E-state index contributed by atoms with van der Waals surface area (Å²) in [6, 6.07) is 0. The molecule has 0 aliphatic carbocycles. The largest absolute Gasteiger partial charge is 0.481 e. The molecule has 0 aromatic heterocycles. The maximum atomic E-state index is 11.8. The van der Waals surface area contributed by atoms with Gasteiger partial charge in [-0.25, -0.2) is 0 Å². The number of aliphatic carboxylic acids is 1. The second kappa shape index (κ2) is 9.54. The highest BCUT2D eigenvalue weighted by Gasteiger charge is 2.24. The van der Waals surface area contributed by atoms with Crippen molar-refractivity contribution in [2.24, 2.45) is 33.3 Å². The molecule has 0 rings (SSSR count). The molecule has 0 spiro atoms. The van der Waals surface area contributed by atoms with E-state index in [0.29, 0.717) is 0 Å². The van der Waals surface area contributed by atoms with Crippen molar-refractivity contribution in [1.29, 1.82) is 0 Å². The Labute approximate surface area is 135 Å². The number of carboxylic acids is 1. The average Bonchev–Trinajstić information content (AvgIpc) is 2.41. The molecule has 9 nitrogen and oxygen atoms in total. The molecule has 0 radical (unpaired) electrons. The Bertz CT molecular complexity index is 511. The van der Waals surface area contributed by atoms with Gasteiger partial charge in [0.2, 0.25) is 11.9 Å². The zero-order valence-electron chi connectivity index (χ0n) is 13.9. The molecule has 0 aromatic rings. The normalized spacial score (nSPS) is 13.8. The van der Waals surface area contributed by atoms with Gasteiger partial charge in [0, 0.05) is 33.4 Å². The Kier molecular flexibility index (Phi) is 8.53. The summed E-state index contributed by atoms with van der Waals surface area (Å²) in [6.45, 7) is 3.46. The standard InChI is InChI=1S/C14H25N5O4/c1-8(2)10(12(22)23)7-9(20)5-6-11(21)17-13(15)18-14(16)19(3)4/h8,10H,5-7H2,1-4H3,(H,22,23)(H4,15,16,17,18,21)/t10-/m0/s1. The molecule has 1 atom stereocenters. The van der Waals surface area contributed by atoms with Gasteiger partial charge in [0.15, 0.2) is 5.96 Å². The number of carboxylic acid groups (broad SMARTS) is 1. The van der Waals surface area contributed by atoms with Crippen LogP contribution in [0, 0.1) is 11.8 Å². The molecular weight excluding hydrogens is 302 g/mol. The quantitative estimate of drug-likeness (QED) is 0.432. The van der Waals surface area contributed by atoms with Gasteiger partial charge in [-0.15, -0.1) is 0 Å². The third-order valence-corrected chi connectivity index (χ3v) is 3.11. The zero-order chi connectivity index (χ0) is 18.2. The third-order valence-electron chi connectivity index (χ3n) is 3.11. The van der Waals surface area contributed by atoms with Crippen LogP contribution < -0.4 is 11.5 Å². The summed E-state index contributed by atoms with van der Waals surface area (Å²) in [5, 5.41) is 9.03. The molecule has 0 saturated carbocycles. The van der Waals surface area contributed by atoms with E-state index in [4.69, 9.17) is 16.6 Å². The van der Waals surface area contributed by atoms with Gasteiger partial charge in [0.1, 0.15) is 5.78 Å². The van der Waals surface area contributed by atoms with Gasteiger partial charge >= 0.3 is 5.97 Å². The van der Waals surface area contributed by atoms with Crippen molar-refractivity contribution in [2.45, 2.75) is 33.1 Å². The molecule has 0 bridgehead atoms. The van der Waals surface area contributed by atoms with Crippen LogP contribution in [0.2, 0.25) is 0 Å². The molecule has 0 aromatic carbocycles. The van der Waals surface area contributed by atoms with E-state index in [-0.39, 0.29) is 42.9 Å². The average molecular weight is 327 g/mol. The lowest BCUT2D eigenvalue weighted by Crippen LogP contribution is -2.32. The molecule has 9 heteroatoms. The lowest BCUT2D eigenvalue weighted by Gasteiger charge is -2.14. The van der Waals surface area contributed by atoms with Crippen LogP contribution in [-0.4, -0.2) is 53.7 Å². The first-order chi connectivity index (χ1) is 10.5. The van der Waals surface area contributed by atoms with Gasteiger partial charge < -0.3 is 21.5 Å². The van der Waals surface area contributed by atoms with Crippen LogP contribution in [0.15, 0.2) is 9.98 Å². The summed E-state index contributed by atoms with van der Waals surface area (Å²) >= 11 is 0. The van der Waals surface area contributed by atoms with E-state index in [1.54, 1.807) is 27.9 Å². The zero-order valence-corrected chi connectivity index (χ0v) is 13.9. The number of amides is 1. The maximum Gasteiger partial charge on any atom is 0.307 e. The minimum atomic E-state index is -1.02. The van der Waals surface area contributed by atoms with E-state index < -0.39 is 17.8 Å². The molecule has 0 fully saturated rings. The first kappa shape index (κ1) is 20.6. The van der Waals surface area contributed by atoms with E-state index in [0.717, 1.165) is 0 Å². The number of nitrogens with two attached hydrogens (primary N) is 2. The van der Waals surface area contributed by atoms with E-state index in [1.807, 2.05) is 0 Å². The van der Waals surface area contributed by atoms with Crippen molar-refractivity contribution in [3.63, 3.8) is 0 Å². The summed E-state index contributed by atoms with van der Waals surface area (Å²) in [4.78, 5) is 43.1. The topological polar surface area (TPSA) is 151 Å². The van der Waals surface area contributed by atoms with Crippen LogP contribution in [0.25, 0.3) is 0 Å². The molecule has 1 amide bonds. The third kappa shape index (κ3) is 8.54. The van der Waals surface area contributed by atoms with Crippen molar-refractivity contribution >= 4 is 29.6 Å². The maximum absolute atomic E-state index is 11.8. The first-order valence-corrected chi connectivity index (χ1v) is 7.17. The highest BCUT2D eigenvalue weighted by Crippen LogP contribution is 2.17. The number of nitrogens with zero attached hydrogens (tertiary/aromatic N) is 3. The fourth-order valence-corrected chi connectivity index (χ4v) is 1.63. The number of rotatable bonds is 7. The first-order valence-electron chi connectivity index (χ1n) is 7.17. The lowest BCUT2D eigenvalue weighted by molar-refractivity contribution is -0.145. The second-order valence-electron chi connectivity index (χ2n) is 5.66. The number of aliphatic imine (C=N–C) groups is 2. The fraction of sp³-hybridized carbons (Fsp3) is 0.643. The number of hydrogen-bond donors (Lipinski definition) is 3. The van der Waals surface area contributed by atoms with E-state index in [9.17, 15) is 14.4 Å². The van der Waals surface area contributed by atoms with E-state index in [1.165, 1.54) is 4.90 Å². The van der Waals surface area contributed by atoms with Gasteiger partial charge in [-0.2, -0.15) is 9.98 Å². The SMILES string of the molecule is CC(C)[C@H](CC(=O)CCC(=O)N=C(N)N=C(N)N(C)C)C(=O)O. The number of hydrogen-bond acceptors (Lipinski definition) is 3. The minimum Gasteiger partial charge on any atom is -0.481 e. The highest BCUT2D eigenvalue weighted by molar-refractivity contribution is 5.99. The smallest absolute Gasteiger partial charge is 0.307 e. The summed E-state index contributed by atoms with van der Waals surface area (Å²) in [6.07, 6.45) is -0.342. The van der Waals surface area contributed by atoms with Gasteiger partial charge in [-0.3, -0.25) is 14.4 Å². The summed E-state index contributed by atoms with van der Waals surface area (Å²) in [7, 11) is 3.31. The molecule has 130 valence electrons. The molecule has 23 heavy (non-hydrogen) atoms. The van der Waals surface area contributed by atoms with E-state index in [2.05, 4.69) is 9.98 Å². The number of carbonyl (C=O) groups excluding carboxylic acids is 2. The second-order valence-corrected chi connectivity index (χ2v) is 5.66. The lowest BCUT2D eigenvalue weighted by atomic mass is 9.90. The fourth-order valence-electron chi connectivity index (χ4n) is 1.63. The van der Waals surface area contributed by atoms with Gasteiger partial charge in [-0.1, -0.05) is 13.8 Å². The Hall–Kier alpha value is -2.45. The molecule has 0 saturated heterocycles. The summed E-state index contributed by atoms with van der Waals surface area (Å²) < 4.78 is 0. The number of ketones is 1. The van der Waals surface area contributed by atoms with E-state index >= 15 is 0 Å². The minimum absolute atomic E-state index is 0.0843. The molecular formula is C14H25N5O4. The van der Waals surface area contributed by atoms with Crippen LogP contribution in [0.3, 0.4) is 0 Å². The van der Waals surface area contributed by atoms with Crippen LogP contribution in [0.4, 0.5) is 0 Å². The van der Waals surface area contributed by atoms with Crippen molar-refractivity contribution in [3.8, 4) is 0 Å². The number of guanidine groups is 2. The Morgan fingerprint density at radius 2 is 1.65 bits per heavy atom. The molecule has 0 heterocycles. The highest BCUT2D eigenvalue weighted by atomic mass is 16.4. The predicted molar refractivity (Wildman–Crippen MR) is 86.8 cm³/mol. The van der Waals surface area contributed by atoms with Crippen LogP contribution in [0.5, 0.6) is 0 Å². The van der Waals surface area contributed by atoms with Crippen molar-refractivity contribution < 1.29 is 19.5 Å². The molecule has 0 aliphatic rings. The number of carbonyl (C=O) groups is 3. The van der Waals surface area contributed by atoms with Crippen LogP contribution in [0.1, 0.15) is 33.1 Å². The van der Waals surface area contributed by atoms with Crippen molar-refractivity contribution in [2.75, 3.05) is 14.1 Å². The Morgan fingerprint density at radius 1 is 1.09 bits per heavy atom. The van der Waals surface area contributed by atoms with Crippen LogP contribution >= 0.6 is 0 Å². The number of Topliss-reactive ketones (excluding diaryl/α,β-unsaturated/α-hetero) is 1. The predicted octanol–water partition coefficient (Wildman–Crippen LogP) is -0.200. The van der Waals surface area contributed by atoms with Gasteiger partial charge in [-0.05, 0) is 5.92 Å². The summed E-state index contributed by atoms with van der Waals surface area (Å²) in [5.74, 6) is -3.04. The van der Waals surface area contributed by atoms with Crippen LogP contribution in [-0.2, 0) is 14.4 Å². The monoisotopic (exact) mass is 327 g/mol. The molecule has 0 unspecified atom stereocenters. The van der Waals surface area contributed by atoms with Gasteiger partial charge in [0.05, 0.1) is 5.92 Å². The molecule has 5 N–H and O–H groups in total. The Morgan fingerprint density at radius 3 is 2.09 bits per heavy atom. The summed E-state index contributed by atoms with van der Waals surface area (Å²) in [5.41, 5.74) is 11.0. The Balaban J connectivity index is 4.52. The van der Waals surface area contributed by atoms with Crippen molar-refractivity contribution in [1.82, 2.24) is 4.90 Å². The van der Waals surface area contributed by atoms with Crippen molar-refractivity contribution in [3.05, 3.63) is 0 Å².